The second-order valence-electron chi connectivity index (χ2n) is 7.84. The normalized spacial score (nSPS) is 27.0. The average molecular weight is 307 g/mol. The molecule has 2 atom stereocenters. The van der Waals surface area contributed by atoms with Crippen molar-refractivity contribution in [2.45, 2.75) is 77.5 Å². The van der Waals surface area contributed by atoms with Crippen LogP contribution in [0.1, 0.15) is 62.6 Å². The maximum absolute atomic E-state index is 3.59. The summed E-state index contributed by atoms with van der Waals surface area (Å²) in [7, 11) is 0. The molecule has 1 aromatic heterocycles. The Labute approximate surface area is 133 Å². The Morgan fingerprint density at radius 1 is 1.14 bits per heavy atom. The van der Waals surface area contributed by atoms with E-state index < -0.39 is 0 Å². The standard InChI is InChI=1S/C18H30N2S/c1-18(2,3)19-12-15-9-10-16(21-15)13-20-11-5-7-14-6-4-8-17(14)20/h9-10,14,17,19H,4-8,11-13H2,1-3H3. The number of fused-ring (bicyclic) bond motifs is 1. The monoisotopic (exact) mass is 306 g/mol. The van der Waals surface area contributed by atoms with E-state index in [1.807, 2.05) is 11.3 Å². The number of nitrogens with zero attached hydrogens (tertiary/aromatic N) is 1. The van der Waals surface area contributed by atoms with Crippen molar-refractivity contribution in [2.75, 3.05) is 6.54 Å². The molecule has 1 aromatic rings. The number of nitrogens with one attached hydrogen (secondary N) is 1. The fourth-order valence-corrected chi connectivity index (χ4v) is 4.89. The summed E-state index contributed by atoms with van der Waals surface area (Å²) < 4.78 is 0. The molecule has 1 N–H and O–H groups in total. The number of hydrogen-bond donors (Lipinski definition) is 1. The van der Waals surface area contributed by atoms with Crippen LogP contribution in [0.3, 0.4) is 0 Å². The van der Waals surface area contributed by atoms with Gasteiger partial charge in [0.05, 0.1) is 0 Å². The molecule has 2 fully saturated rings. The van der Waals surface area contributed by atoms with Crippen LogP contribution in [0.25, 0.3) is 0 Å². The lowest BCUT2D eigenvalue weighted by atomic mass is 9.92. The van der Waals surface area contributed by atoms with Gasteiger partial charge < -0.3 is 5.32 Å². The zero-order chi connectivity index (χ0) is 14.9. The van der Waals surface area contributed by atoms with E-state index in [0.29, 0.717) is 0 Å². The summed E-state index contributed by atoms with van der Waals surface area (Å²) >= 11 is 2.00. The molecule has 118 valence electrons. The fourth-order valence-electron chi connectivity index (χ4n) is 3.91. The van der Waals surface area contributed by atoms with Crippen LogP contribution in [0.5, 0.6) is 0 Å². The first-order chi connectivity index (χ1) is 10.0. The van der Waals surface area contributed by atoms with E-state index in [2.05, 4.69) is 43.1 Å². The zero-order valence-electron chi connectivity index (χ0n) is 13.8. The minimum Gasteiger partial charge on any atom is -0.307 e. The largest absolute Gasteiger partial charge is 0.307 e. The maximum Gasteiger partial charge on any atom is 0.0331 e. The molecule has 0 bridgehead atoms. The van der Waals surface area contributed by atoms with Gasteiger partial charge in [-0.15, -0.1) is 11.3 Å². The highest BCUT2D eigenvalue weighted by Crippen LogP contribution is 2.37. The van der Waals surface area contributed by atoms with Gasteiger partial charge in [-0.25, -0.2) is 0 Å². The van der Waals surface area contributed by atoms with Gasteiger partial charge in [-0.2, -0.15) is 0 Å². The van der Waals surface area contributed by atoms with Gasteiger partial charge in [-0.05, 0) is 71.0 Å². The van der Waals surface area contributed by atoms with E-state index in [4.69, 9.17) is 0 Å². The molecule has 3 rings (SSSR count). The van der Waals surface area contributed by atoms with E-state index in [0.717, 1.165) is 18.5 Å². The number of rotatable bonds is 4. The number of thiophene rings is 1. The molecule has 1 aliphatic heterocycles. The van der Waals surface area contributed by atoms with Gasteiger partial charge >= 0.3 is 0 Å². The van der Waals surface area contributed by atoms with Gasteiger partial charge in [-0.1, -0.05) is 6.42 Å². The third-order valence-electron chi connectivity index (χ3n) is 4.98. The summed E-state index contributed by atoms with van der Waals surface area (Å²) in [5.74, 6) is 1.00. The topological polar surface area (TPSA) is 15.3 Å². The molecule has 2 nitrogen and oxygen atoms in total. The second-order valence-corrected chi connectivity index (χ2v) is 9.10. The zero-order valence-corrected chi connectivity index (χ0v) is 14.6. The molecule has 3 heteroatoms. The van der Waals surface area contributed by atoms with Gasteiger partial charge in [0.1, 0.15) is 0 Å². The molecule has 21 heavy (non-hydrogen) atoms. The van der Waals surface area contributed by atoms with Gasteiger partial charge in [0.25, 0.3) is 0 Å². The Balaban J connectivity index is 1.56. The number of piperidine rings is 1. The third kappa shape index (κ3) is 4.08. The number of likely N-dealkylation sites (tertiary alicyclic amines) is 1. The third-order valence-corrected chi connectivity index (χ3v) is 6.05. The van der Waals surface area contributed by atoms with E-state index in [1.54, 1.807) is 4.88 Å². The lowest BCUT2D eigenvalue weighted by Gasteiger charge is -2.37. The summed E-state index contributed by atoms with van der Waals surface area (Å²) in [4.78, 5) is 5.79. The van der Waals surface area contributed by atoms with Crippen molar-refractivity contribution in [2.24, 2.45) is 5.92 Å². The first-order valence-corrected chi connectivity index (χ1v) is 9.39. The Kier molecular flexibility index (Phi) is 4.72. The first kappa shape index (κ1) is 15.5. The quantitative estimate of drug-likeness (QED) is 0.887. The van der Waals surface area contributed by atoms with Crippen molar-refractivity contribution in [3.8, 4) is 0 Å². The first-order valence-electron chi connectivity index (χ1n) is 8.58. The van der Waals surface area contributed by atoms with Crippen molar-refractivity contribution in [3.05, 3.63) is 21.9 Å². The van der Waals surface area contributed by atoms with Crippen molar-refractivity contribution >= 4 is 11.3 Å². The van der Waals surface area contributed by atoms with Gasteiger partial charge in [0, 0.05) is 34.4 Å². The second kappa shape index (κ2) is 6.39. The Morgan fingerprint density at radius 3 is 2.71 bits per heavy atom. The number of hydrogen-bond acceptors (Lipinski definition) is 3. The van der Waals surface area contributed by atoms with Crippen LogP contribution >= 0.6 is 11.3 Å². The Bertz CT molecular complexity index is 460. The Hall–Kier alpha value is -0.380. The maximum atomic E-state index is 3.59. The molecule has 2 aliphatic rings. The van der Waals surface area contributed by atoms with Crippen LogP contribution < -0.4 is 5.32 Å². The minimum atomic E-state index is 0.202. The van der Waals surface area contributed by atoms with E-state index >= 15 is 0 Å². The molecule has 1 aliphatic carbocycles. The van der Waals surface area contributed by atoms with E-state index in [9.17, 15) is 0 Å². The highest BCUT2D eigenvalue weighted by atomic mass is 32.1. The molecular weight excluding hydrogens is 276 g/mol. The average Bonchev–Trinajstić information content (AvgIpc) is 3.04. The van der Waals surface area contributed by atoms with Crippen molar-refractivity contribution in [1.82, 2.24) is 10.2 Å². The van der Waals surface area contributed by atoms with Crippen LogP contribution in [-0.4, -0.2) is 23.0 Å². The molecule has 0 radical (unpaired) electrons. The minimum absolute atomic E-state index is 0.202. The lowest BCUT2D eigenvalue weighted by molar-refractivity contribution is 0.107. The molecule has 0 amide bonds. The van der Waals surface area contributed by atoms with Crippen LogP contribution in [0.15, 0.2) is 12.1 Å². The predicted octanol–water partition coefficient (Wildman–Crippen LogP) is 4.40. The molecule has 2 heterocycles. The van der Waals surface area contributed by atoms with Crippen LogP contribution in [0.4, 0.5) is 0 Å². The summed E-state index contributed by atoms with van der Waals surface area (Å²) in [5, 5.41) is 3.59. The summed E-state index contributed by atoms with van der Waals surface area (Å²) in [6.07, 6.45) is 7.26. The van der Waals surface area contributed by atoms with Gasteiger partial charge in [0.15, 0.2) is 0 Å². The predicted molar refractivity (Wildman–Crippen MR) is 91.7 cm³/mol. The highest BCUT2D eigenvalue weighted by molar-refractivity contribution is 7.11. The van der Waals surface area contributed by atoms with Crippen LogP contribution in [0, 0.1) is 5.92 Å². The molecule has 0 aromatic carbocycles. The molecule has 1 saturated carbocycles. The smallest absolute Gasteiger partial charge is 0.0331 e. The van der Waals surface area contributed by atoms with Crippen molar-refractivity contribution in [1.29, 1.82) is 0 Å². The molecule has 2 unspecified atom stereocenters. The summed E-state index contributed by atoms with van der Waals surface area (Å²) in [5.41, 5.74) is 0.202. The van der Waals surface area contributed by atoms with Crippen molar-refractivity contribution < 1.29 is 0 Å². The summed E-state index contributed by atoms with van der Waals surface area (Å²) in [6.45, 7) is 10.2. The van der Waals surface area contributed by atoms with E-state index in [1.165, 1.54) is 50.1 Å². The lowest BCUT2D eigenvalue weighted by Crippen LogP contribution is -2.41. The van der Waals surface area contributed by atoms with Crippen LogP contribution in [0.2, 0.25) is 0 Å². The van der Waals surface area contributed by atoms with Gasteiger partial charge in [-0.3, -0.25) is 4.90 Å². The molecule has 1 saturated heterocycles. The molecule has 0 spiro atoms. The van der Waals surface area contributed by atoms with Crippen molar-refractivity contribution in [3.63, 3.8) is 0 Å². The summed E-state index contributed by atoms with van der Waals surface area (Å²) in [6, 6.07) is 5.55. The van der Waals surface area contributed by atoms with Crippen LogP contribution in [-0.2, 0) is 13.1 Å². The highest BCUT2D eigenvalue weighted by Gasteiger charge is 2.34. The Morgan fingerprint density at radius 2 is 1.90 bits per heavy atom. The molecular formula is C18H30N2S. The van der Waals surface area contributed by atoms with Gasteiger partial charge in [0.2, 0.25) is 0 Å². The van der Waals surface area contributed by atoms with E-state index in [-0.39, 0.29) is 5.54 Å². The SMILES string of the molecule is CC(C)(C)NCc1ccc(CN2CCCC3CCCC32)s1. The fraction of sp³-hybridized carbons (Fsp3) is 0.778.